The Morgan fingerprint density at radius 2 is 0.827 bits per heavy atom. The van der Waals surface area contributed by atoms with E-state index in [1.165, 1.54) is 173 Å². The second kappa shape index (κ2) is 54.7. The Bertz CT molecular complexity index is 1450. The molecule has 9 nitrogen and oxygen atoms in total. The van der Waals surface area contributed by atoms with E-state index in [-0.39, 0.29) is 12.5 Å². The van der Waals surface area contributed by atoms with E-state index in [0.29, 0.717) is 6.42 Å². The van der Waals surface area contributed by atoms with Crippen LogP contribution in [0.15, 0.2) is 85.1 Å². The minimum atomic E-state index is -1.57. The lowest BCUT2D eigenvalue weighted by Crippen LogP contribution is -2.60. The van der Waals surface area contributed by atoms with E-state index in [1.807, 2.05) is 6.08 Å². The van der Waals surface area contributed by atoms with Gasteiger partial charge in [0, 0.05) is 6.42 Å². The fourth-order valence-corrected chi connectivity index (χ4v) is 9.57. The predicted molar refractivity (Wildman–Crippen MR) is 318 cm³/mol. The molecule has 0 aromatic carbocycles. The predicted octanol–water partition coefficient (Wildman–Crippen LogP) is 16.2. The standard InChI is InChI=1S/C66H117NO8/c1-3-5-7-9-11-13-15-17-19-21-23-25-26-27-28-29-30-31-32-33-34-36-38-40-42-44-46-48-50-52-54-56-62(70)67-59(58-74-66-65(73)64(72)63(71)61(57-68)75-66)60(69)55-53-51-49-47-45-43-41-39-37-35-24-22-20-18-16-14-12-10-8-6-4-2/h5,7,11,13,17,19,23,25,27-28,30-31,53,55,59-61,63-66,68-69,71-73H,3-4,6,8-10,12,14-16,18,20-22,24,26,29,32-52,54,56-58H2,1-2H3,(H,67,70)/b7-5-,13-11-,19-17-,25-23-,28-27-,31-30-,55-53+. The summed E-state index contributed by atoms with van der Waals surface area (Å²) in [5.74, 6) is -0.180. The van der Waals surface area contributed by atoms with Gasteiger partial charge >= 0.3 is 0 Å². The van der Waals surface area contributed by atoms with E-state index < -0.39 is 49.5 Å². The van der Waals surface area contributed by atoms with Crippen molar-refractivity contribution in [1.82, 2.24) is 5.32 Å². The van der Waals surface area contributed by atoms with Gasteiger partial charge in [0.2, 0.25) is 5.91 Å². The molecule has 9 heteroatoms. The number of allylic oxidation sites excluding steroid dienone is 13. The number of nitrogens with one attached hydrogen (secondary N) is 1. The van der Waals surface area contributed by atoms with Crippen LogP contribution in [0.2, 0.25) is 0 Å². The number of ether oxygens (including phenoxy) is 2. The van der Waals surface area contributed by atoms with Crippen molar-refractivity contribution >= 4 is 5.91 Å². The van der Waals surface area contributed by atoms with Crippen LogP contribution >= 0.6 is 0 Å². The van der Waals surface area contributed by atoms with Gasteiger partial charge in [-0.2, -0.15) is 0 Å². The summed E-state index contributed by atoms with van der Waals surface area (Å²) in [5.41, 5.74) is 0. The van der Waals surface area contributed by atoms with E-state index in [1.54, 1.807) is 6.08 Å². The molecule has 75 heavy (non-hydrogen) atoms. The SMILES string of the molecule is CC/C=C\C/C=C\C/C=C\C/C=C\C/C=C\C/C=C\CCCCCCCCCCCCCCC(=O)NC(COC1OC(CO)C(O)C(O)C1O)C(O)/C=C/CCCCCCCCCCCCCCCCCCCCC. The van der Waals surface area contributed by atoms with Crippen LogP contribution in [-0.2, 0) is 14.3 Å². The van der Waals surface area contributed by atoms with Gasteiger partial charge in [0.1, 0.15) is 24.4 Å². The highest BCUT2D eigenvalue weighted by molar-refractivity contribution is 5.76. The van der Waals surface area contributed by atoms with Crippen LogP contribution in [0.1, 0.15) is 271 Å². The fraction of sp³-hybridized carbons (Fsp3) is 0.773. The summed E-state index contributed by atoms with van der Waals surface area (Å²) >= 11 is 0. The average molecular weight is 1050 g/mol. The molecule has 0 aromatic rings. The lowest BCUT2D eigenvalue weighted by atomic mass is 9.99. The monoisotopic (exact) mass is 1050 g/mol. The number of aliphatic hydroxyl groups is 5. The molecule has 434 valence electrons. The van der Waals surface area contributed by atoms with Crippen molar-refractivity contribution < 1.29 is 39.8 Å². The first-order valence-corrected chi connectivity index (χ1v) is 31.3. The molecule has 0 bridgehead atoms. The van der Waals surface area contributed by atoms with Gasteiger partial charge in [-0.05, 0) is 70.6 Å². The zero-order valence-electron chi connectivity index (χ0n) is 48.3. The lowest BCUT2D eigenvalue weighted by Gasteiger charge is -2.40. The number of aliphatic hydroxyl groups excluding tert-OH is 5. The maximum atomic E-state index is 13.1. The molecule has 6 N–H and O–H groups in total. The molecule has 1 fully saturated rings. The van der Waals surface area contributed by atoms with Crippen molar-refractivity contribution in [1.29, 1.82) is 0 Å². The minimum Gasteiger partial charge on any atom is -0.394 e. The van der Waals surface area contributed by atoms with E-state index in [2.05, 4.69) is 92.1 Å². The lowest BCUT2D eigenvalue weighted by molar-refractivity contribution is -0.302. The first kappa shape index (κ1) is 70.4. The molecular weight excluding hydrogens is 935 g/mol. The molecule has 7 atom stereocenters. The third kappa shape index (κ3) is 44.0. The van der Waals surface area contributed by atoms with Gasteiger partial charge in [0.05, 0.1) is 25.4 Å². The highest BCUT2D eigenvalue weighted by Crippen LogP contribution is 2.23. The second-order valence-electron chi connectivity index (χ2n) is 21.5. The van der Waals surface area contributed by atoms with Crippen molar-refractivity contribution in [2.45, 2.75) is 314 Å². The molecule has 1 aliphatic rings. The summed E-state index contributed by atoms with van der Waals surface area (Å²) < 4.78 is 11.3. The van der Waals surface area contributed by atoms with Crippen LogP contribution in [0.25, 0.3) is 0 Å². The first-order chi connectivity index (χ1) is 36.8. The highest BCUT2D eigenvalue weighted by atomic mass is 16.7. The van der Waals surface area contributed by atoms with Crippen LogP contribution in [0, 0.1) is 0 Å². The smallest absolute Gasteiger partial charge is 0.220 e. The number of carbonyl (C=O) groups is 1. The Balaban J connectivity index is 2.19. The average Bonchev–Trinajstić information content (AvgIpc) is 3.41. The van der Waals surface area contributed by atoms with Crippen molar-refractivity contribution in [3.63, 3.8) is 0 Å². The van der Waals surface area contributed by atoms with Gasteiger partial charge in [-0.15, -0.1) is 0 Å². The molecule has 1 amide bonds. The summed E-state index contributed by atoms with van der Waals surface area (Å²) in [6.07, 6.45) is 70.8. The Kier molecular flexibility index (Phi) is 51.3. The third-order valence-corrected chi connectivity index (χ3v) is 14.5. The molecule has 0 aliphatic carbocycles. The molecular formula is C66H117NO8. The number of amides is 1. The molecule has 0 spiro atoms. The van der Waals surface area contributed by atoms with Gasteiger partial charge in [-0.1, -0.05) is 279 Å². The van der Waals surface area contributed by atoms with Crippen molar-refractivity contribution in [3.8, 4) is 0 Å². The molecule has 7 unspecified atom stereocenters. The Morgan fingerprint density at radius 1 is 0.467 bits per heavy atom. The molecule has 0 radical (unpaired) electrons. The maximum absolute atomic E-state index is 13.1. The number of rotatable bonds is 53. The highest BCUT2D eigenvalue weighted by Gasteiger charge is 2.44. The van der Waals surface area contributed by atoms with E-state index in [0.717, 1.165) is 77.0 Å². The van der Waals surface area contributed by atoms with Crippen molar-refractivity contribution in [2.24, 2.45) is 0 Å². The second-order valence-corrected chi connectivity index (χ2v) is 21.5. The Labute approximate surface area is 461 Å². The molecule has 1 rings (SSSR count). The first-order valence-electron chi connectivity index (χ1n) is 31.3. The van der Waals surface area contributed by atoms with Gasteiger partial charge < -0.3 is 40.3 Å². The Hall–Kier alpha value is -2.63. The van der Waals surface area contributed by atoms with Crippen molar-refractivity contribution in [2.75, 3.05) is 13.2 Å². The van der Waals surface area contributed by atoms with Gasteiger partial charge in [0.15, 0.2) is 6.29 Å². The topological polar surface area (TPSA) is 149 Å². The summed E-state index contributed by atoms with van der Waals surface area (Å²) in [6.45, 7) is 3.69. The maximum Gasteiger partial charge on any atom is 0.220 e. The summed E-state index contributed by atoms with van der Waals surface area (Å²) in [7, 11) is 0. The van der Waals surface area contributed by atoms with Crippen LogP contribution in [0.4, 0.5) is 0 Å². The van der Waals surface area contributed by atoms with E-state index in [4.69, 9.17) is 9.47 Å². The van der Waals surface area contributed by atoms with Gasteiger partial charge in [-0.3, -0.25) is 4.79 Å². The summed E-state index contributed by atoms with van der Waals surface area (Å²) in [4.78, 5) is 13.1. The fourth-order valence-electron chi connectivity index (χ4n) is 9.57. The number of hydrogen-bond donors (Lipinski definition) is 6. The van der Waals surface area contributed by atoms with Crippen molar-refractivity contribution in [3.05, 3.63) is 85.1 Å². The quantitative estimate of drug-likeness (QED) is 0.0261. The molecule has 0 aromatic heterocycles. The van der Waals surface area contributed by atoms with Crippen LogP contribution < -0.4 is 5.32 Å². The van der Waals surface area contributed by atoms with Crippen LogP contribution in [0.5, 0.6) is 0 Å². The minimum absolute atomic E-state index is 0.180. The van der Waals surface area contributed by atoms with E-state index >= 15 is 0 Å². The van der Waals surface area contributed by atoms with Crippen LogP contribution in [0.3, 0.4) is 0 Å². The van der Waals surface area contributed by atoms with Gasteiger partial charge in [-0.25, -0.2) is 0 Å². The molecule has 1 heterocycles. The molecule has 1 saturated heterocycles. The summed E-state index contributed by atoms with van der Waals surface area (Å²) in [5, 5.41) is 54.6. The zero-order valence-corrected chi connectivity index (χ0v) is 48.3. The Morgan fingerprint density at radius 3 is 1.23 bits per heavy atom. The van der Waals surface area contributed by atoms with Gasteiger partial charge in [0.25, 0.3) is 0 Å². The normalized spacial score (nSPS) is 19.5. The molecule has 0 saturated carbocycles. The third-order valence-electron chi connectivity index (χ3n) is 14.5. The molecule has 1 aliphatic heterocycles. The largest absolute Gasteiger partial charge is 0.394 e. The summed E-state index contributed by atoms with van der Waals surface area (Å²) in [6, 6.07) is -0.811. The zero-order chi connectivity index (χ0) is 54.3. The van der Waals surface area contributed by atoms with Crippen LogP contribution in [-0.4, -0.2) is 87.5 Å². The van der Waals surface area contributed by atoms with E-state index in [9.17, 15) is 30.3 Å². The number of hydrogen-bond acceptors (Lipinski definition) is 8. The number of carbonyl (C=O) groups excluding carboxylic acids is 1. The number of unbranched alkanes of at least 4 members (excludes halogenated alkanes) is 31.